The van der Waals surface area contributed by atoms with Crippen molar-refractivity contribution in [1.82, 2.24) is 9.80 Å². The monoisotopic (exact) mass is 252 g/mol. The molecule has 18 heavy (non-hydrogen) atoms. The van der Waals surface area contributed by atoms with Crippen LogP contribution in [0.3, 0.4) is 0 Å². The first-order chi connectivity index (χ1) is 8.54. The molecule has 2 fully saturated rings. The molecular weight excluding hydrogens is 224 g/mol. The lowest BCUT2D eigenvalue weighted by Crippen LogP contribution is -2.49. The van der Waals surface area contributed by atoms with Crippen molar-refractivity contribution in [3.05, 3.63) is 0 Å². The van der Waals surface area contributed by atoms with Crippen LogP contribution in [0.15, 0.2) is 0 Å². The second-order valence-corrected chi connectivity index (χ2v) is 6.59. The standard InChI is InChI=1S/C15H28N2O/c1-4-16-8-5-15(6-9-16)7-10-17(12-13(2)3)14(18)11-15/h13H,4-12H2,1-3H3. The average Bonchev–Trinajstić information content (AvgIpc) is 2.34. The zero-order valence-corrected chi connectivity index (χ0v) is 12.2. The number of carbonyl (C=O) groups excluding carboxylic acids is 1. The van der Waals surface area contributed by atoms with Gasteiger partial charge in [0.15, 0.2) is 0 Å². The molecule has 2 aliphatic heterocycles. The summed E-state index contributed by atoms with van der Waals surface area (Å²) in [5, 5.41) is 0. The number of amides is 1. The molecule has 0 radical (unpaired) electrons. The van der Waals surface area contributed by atoms with E-state index in [1.54, 1.807) is 0 Å². The highest BCUT2D eigenvalue weighted by Gasteiger charge is 2.40. The summed E-state index contributed by atoms with van der Waals surface area (Å²) >= 11 is 0. The van der Waals surface area contributed by atoms with E-state index in [1.165, 1.54) is 32.4 Å². The minimum atomic E-state index is 0.343. The lowest BCUT2D eigenvalue weighted by atomic mass is 9.71. The van der Waals surface area contributed by atoms with Gasteiger partial charge in [0.2, 0.25) is 5.91 Å². The lowest BCUT2D eigenvalue weighted by Gasteiger charge is -2.46. The Labute approximate surface area is 112 Å². The van der Waals surface area contributed by atoms with Gasteiger partial charge in [0, 0.05) is 19.5 Å². The van der Waals surface area contributed by atoms with Crippen molar-refractivity contribution < 1.29 is 4.79 Å². The maximum absolute atomic E-state index is 12.3. The van der Waals surface area contributed by atoms with Gasteiger partial charge in [-0.15, -0.1) is 0 Å². The van der Waals surface area contributed by atoms with Crippen molar-refractivity contribution in [2.24, 2.45) is 11.3 Å². The average molecular weight is 252 g/mol. The Hall–Kier alpha value is -0.570. The number of likely N-dealkylation sites (tertiary alicyclic amines) is 2. The van der Waals surface area contributed by atoms with Crippen molar-refractivity contribution in [1.29, 1.82) is 0 Å². The van der Waals surface area contributed by atoms with Gasteiger partial charge in [-0.2, -0.15) is 0 Å². The van der Waals surface area contributed by atoms with E-state index >= 15 is 0 Å². The van der Waals surface area contributed by atoms with Crippen molar-refractivity contribution in [2.75, 3.05) is 32.7 Å². The van der Waals surface area contributed by atoms with Crippen molar-refractivity contribution in [3.63, 3.8) is 0 Å². The minimum absolute atomic E-state index is 0.343. The van der Waals surface area contributed by atoms with Gasteiger partial charge in [-0.05, 0) is 50.2 Å². The van der Waals surface area contributed by atoms with Gasteiger partial charge < -0.3 is 9.80 Å². The Morgan fingerprint density at radius 2 is 1.78 bits per heavy atom. The highest BCUT2D eigenvalue weighted by Crippen LogP contribution is 2.41. The smallest absolute Gasteiger partial charge is 0.223 e. The molecule has 2 saturated heterocycles. The first-order valence-electron chi connectivity index (χ1n) is 7.55. The fourth-order valence-electron chi connectivity index (χ4n) is 3.42. The third kappa shape index (κ3) is 3.05. The molecule has 0 aromatic heterocycles. The summed E-state index contributed by atoms with van der Waals surface area (Å²) in [5.74, 6) is 0.991. The Bertz CT molecular complexity index is 293. The van der Waals surface area contributed by atoms with E-state index in [0.717, 1.165) is 26.1 Å². The number of hydrogen-bond acceptors (Lipinski definition) is 2. The van der Waals surface area contributed by atoms with Crippen molar-refractivity contribution >= 4 is 5.91 Å². The van der Waals surface area contributed by atoms with Crippen LogP contribution in [-0.2, 0) is 4.79 Å². The third-order valence-electron chi connectivity index (χ3n) is 4.74. The van der Waals surface area contributed by atoms with Gasteiger partial charge in [-0.3, -0.25) is 4.79 Å². The topological polar surface area (TPSA) is 23.6 Å². The Balaban J connectivity index is 1.90. The molecule has 0 saturated carbocycles. The number of piperidine rings is 2. The quantitative estimate of drug-likeness (QED) is 0.770. The van der Waals surface area contributed by atoms with Crippen molar-refractivity contribution in [3.8, 4) is 0 Å². The molecular formula is C15H28N2O. The molecule has 0 aromatic rings. The zero-order chi connectivity index (χ0) is 13.2. The number of rotatable bonds is 3. The summed E-state index contributed by atoms with van der Waals surface area (Å²) in [6.45, 7) is 12.1. The van der Waals surface area contributed by atoms with Crippen LogP contribution >= 0.6 is 0 Å². The van der Waals surface area contributed by atoms with Gasteiger partial charge in [-0.1, -0.05) is 20.8 Å². The second kappa shape index (κ2) is 5.60. The van der Waals surface area contributed by atoms with Gasteiger partial charge in [0.1, 0.15) is 0 Å². The van der Waals surface area contributed by atoms with Crippen LogP contribution in [0.1, 0.15) is 46.5 Å². The molecule has 2 heterocycles. The summed E-state index contributed by atoms with van der Waals surface area (Å²) in [5.41, 5.74) is 0.343. The predicted octanol–water partition coefficient (Wildman–Crippen LogP) is 2.37. The van der Waals surface area contributed by atoms with Crippen LogP contribution in [0.5, 0.6) is 0 Å². The molecule has 3 nitrogen and oxygen atoms in total. The molecule has 3 heteroatoms. The van der Waals surface area contributed by atoms with Gasteiger partial charge in [0.05, 0.1) is 0 Å². The SMILES string of the molecule is CCN1CCC2(CC1)CCN(CC(C)C)C(=O)C2. The fraction of sp³-hybridized carbons (Fsp3) is 0.933. The molecule has 2 aliphatic rings. The highest BCUT2D eigenvalue weighted by atomic mass is 16.2. The van der Waals surface area contributed by atoms with E-state index in [4.69, 9.17) is 0 Å². The van der Waals surface area contributed by atoms with Crippen LogP contribution in [0.25, 0.3) is 0 Å². The summed E-state index contributed by atoms with van der Waals surface area (Å²) in [6.07, 6.45) is 4.48. The zero-order valence-electron chi connectivity index (χ0n) is 12.2. The molecule has 0 unspecified atom stereocenters. The second-order valence-electron chi connectivity index (χ2n) is 6.59. The molecule has 104 valence electrons. The Morgan fingerprint density at radius 1 is 1.17 bits per heavy atom. The summed E-state index contributed by atoms with van der Waals surface area (Å²) < 4.78 is 0. The maximum Gasteiger partial charge on any atom is 0.223 e. The fourth-order valence-corrected chi connectivity index (χ4v) is 3.42. The first kappa shape index (κ1) is 13.9. The van der Waals surface area contributed by atoms with E-state index in [-0.39, 0.29) is 0 Å². The van der Waals surface area contributed by atoms with Crippen LogP contribution in [-0.4, -0.2) is 48.4 Å². The van der Waals surface area contributed by atoms with Gasteiger partial charge in [0.25, 0.3) is 0 Å². The van der Waals surface area contributed by atoms with E-state index in [2.05, 4.69) is 30.6 Å². The van der Waals surface area contributed by atoms with Crippen LogP contribution in [0.4, 0.5) is 0 Å². The summed E-state index contributed by atoms with van der Waals surface area (Å²) in [7, 11) is 0. The summed E-state index contributed by atoms with van der Waals surface area (Å²) in [4.78, 5) is 16.9. The predicted molar refractivity (Wildman–Crippen MR) is 74.4 cm³/mol. The third-order valence-corrected chi connectivity index (χ3v) is 4.74. The van der Waals surface area contributed by atoms with Gasteiger partial charge in [-0.25, -0.2) is 0 Å². The molecule has 1 spiro atoms. The van der Waals surface area contributed by atoms with E-state index in [9.17, 15) is 4.79 Å². The van der Waals surface area contributed by atoms with E-state index in [1.807, 2.05) is 0 Å². The van der Waals surface area contributed by atoms with Gasteiger partial charge >= 0.3 is 0 Å². The van der Waals surface area contributed by atoms with Crippen LogP contribution in [0, 0.1) is 11.3 Å². The maximum atomic E-state index is 12.3. The van der Waals surface area contributed by atoms with E-state index < -0.39 is 0 Å². The molecule has 0 aliphatic carbocycles. The molecule has 2 rings (SSSR count). The minimum Gasteiger partial charge on any atom is -0.342 e. The molecule has 0 bridgehead atoms. The Kier molecular flexibility index (Phi) is 4.31. The lowest BCUT2D eigenvalue weighted by molar-refractivity contribution is -0.140. The summed E-state index contributed by atoms with van der Waals surface area (Å²) in [6, 6.07) is 0. The largest absolute Gasteiger partial charge is 0.342 e. The van der Waals surface area contributed by atoms with Crippen molar-refractivity contribution in [2.45, 2.75) is 46.5 Å². The normalized spacial score (nSPS) is 25.1. The van der Waals surface area contributed by atoms with Crippen LogP contribution in [0.2, 0.25) is 0 Å². The Morgan fingerprint density at radius 3 is 2.28 bits per heavy atom. The molecule has 0 atom stereocenters. The molecule has 0 N–H and O–H groups in total. The highest BCUT2D eigenvalue weighted by molar-refractivity contribution is 5.77. The van der Waals surface area contributed by atoms with Crippen LogP contribution < -0.4 is 0 Å². The first-order valence-corrected chi connectivity index (χ1v) is 7.55. The van der Waals surface area contributed by atoms with E-state index in [0.29, 0.717) is 17.2 Å². The molecule has 0 aromatic carbocycles. The number of carbonyl (C=O) groups is 1. The number of hydrogen-bond donors (Lipinski definition) is 0. The molecule has 1 amide bonds. The number of nitrogens with zero attached hydrogens (tertiary/aromatic N) is 2.